The van der Waals surface area contributed by atoms with E-state index in [4.69, 9.17) is 10.1 Å². The Morgan fingerprint density at radius 3 is 2.40 bits per heavy atom. The number of rotatable bonds is 1. The summed E-state index contributed by atoms with van der Waals surface area (Å²) >= 11 is 0. The Morgan fingerprint density at radius 1 is 0.960 bits per heavy atom. The quantitative estimate of drug-likeness (QED) is 0.724. The maximum atomic E-state index is 12.8. The van der Waals surface area contributed by atoms with Gasteiger partial charge in [0.25, 0.3) is 0 Å². The van der Waals surface area contributed by atoms with Crippen LogP contribution in [-0.4, -0.2) is 5.90 Å². The predicted octanol–water partition coefficient (Wildman–Crippen LogP) is 5.54. The van der Waals surface area contributed by atoms with Gasteiger partial charge in [0.1, 0.15) is 5.76 Å². The van der Waals surface area contributed by atoms with Gasteiger partial charge in [0, 0.05) is 17.9 Å². The van der Waals surface area contributed by atoms with Crippen molar-refractivity contribution in [3.63, 3.8) is 0 Å². The van der Waals surface area contributed by atoms with Crippen LogP contribution >= 0.6 is 0 Å². The third-order valence-corrected chi connectivity index (χ3v) is 4.89. The van der Waals surface area contributed by atoms with Crippen molar-refractivity contribution in [1.29, 1.82) is 5.41 Å². The van der Waals surface area contributed by atoms with Crippen molar-refractivity contribution in [3.8, 4) is 0 Å². The number of allylic oxidation sites excluding steroid dienone is 1. The second-order valence-corrected chi connectivity index (χ2v) is 6.41. The van der Waals surface area contributed by atoms with Crippen molar-refractivity contribution in [2.24, 2.45) is 0 Å². The maximum absolute atomic E-state index is 12.8. The van der Waals surface area contributed by atoms with Gasteiger partial charge in [0.2, 0.25) is 0 Å². The summed E-state index contributed by atoms with van der Waals surface area (Å²) in [4.78, 5) is 0. The van der Waals surface area contributed by atoms with E-state index >= 15 is 0 Å². The number of nitrogens with one attached hydrogen (secondary N) is 1. The lowest BCUT2D eigenvalue weighted by atomic mass is 9.78. The second-order valence-electron chi connectivity index (χ2n) is 6.41. The van der Waals surface area contributed by atoms with E-state index in [0.29, 0.717) is 12.2 Å². The molecular formula is C20H16F3NO. The molecule has 1 heterocycles. The zero-order valence-corrected chi connectivity index (χ0v) is 13.4. The first kappa shape index (κ1) is 15.9. The minimum absolute atomic E-state index is 0.105. The summed E-state index contributed by atoms with van der Waals surface area (Å²) in [6.07, 6.45) is -2.28. The third kappa shape index (κ3) is 2.84. The van der Waals surface area contributed by atoms with Crippen LogP contribution in [0, 0.1) is 5.41 Å². The first-order valence-corrected chi connectivity index (χ1v) is 8.17. The summed E-state index contributed by atoms with van der Waals surface area (Å²) in [6.45, 7) is 0. The van der Waals surface area contributed by atoms with E-state index < -0.39 is 11.7 Å². The normalized spacial score (nSPS) is 20.0. The van der Waals surface area contributed by atoms with E-state index in [1.807, 2.05) is 24.3 Å². The largest absolute Gasteiger partial charge is 0.443 e. The molecule has 0 bridgehead atoms. The molecule has 1 N–H and O–H groups in total. The molecule has 4 rings (SSSR count). The van der Waals surface area contributed by atoms with Gasteiger partial charge in [0.05, 0.1) is 5.56 Å². The fourth-order valence-corrected chi connectivity index (χ4v) is 3.67. The van der Waals surface area contributed by atoms with Gasteiger partial charge in [-0.3, -0.25) is 5.41 Å². The number of halogens is 3. The number of benzene rings is 2. The minimum Gasteiger partial charge on any atom is -0.443 e. The van der Waals surface area contributed by atoms with E-state index in [2.05, 4.69) is 0 Å². The van der Waals surface area contributed by atoms with Crippen LogP contribution in [0.15, 0.2) is 54.1 Å². The zero-order chi connectivity index (χ0) is 17.6. The van der Waals surface area contributed by atoms with Gasteiger partial charge in [-0.05, 0) is 41.7 Å². The van der Waals surface area contributed by atoms with Crippen molar-refractivity contribution in [2.75, 3.05) is 0 Å². The minimum atomic E-state index is -4.34. The van der Waals surface area contributed by atoms with Gasteiger partial charge >= 0.3 is 6.18 Å². The van der Waals surface area contributed by atoms with Crippen LogP contribution in [-0.2, 0) is 17.3 Å². The molecule has 2 aromatic carbocycles. The highest BCUT2D eigenvalue weighted by molar-refractivity contribution is 5.87. The summed E-state index contributed by atoms with van der Waals surface area (Å²) in [5.41, 5.74) is 3.40. The highest BCUT2D eigenvalue weighted by Gasteiger charge is 2.34. The number of aryl methyl sites for hydroxylation is 1. The molecule has 1 aliphatic carbocycles. The highest BCUT2D eigenvalue weighted by Crippen LogP contribution is 2.45. The number of ether oxygens (including phenoxy) is 1. The lowest BCUT2D eigenvalue weighted by Gasteiger charge is -2.33. The molecule has 2 aromatic rings. The van der Waals surface area contributed by atoms with Crippen LogP contribution < -0.4 is 0 Å². The second kappa shape index (κ2) is 5.76. The third-order valence-electron chi connectivity index (χ3n) is 4.89. The SMILES string of the molecule is N=C1CC(c2ccc(C(F)(F)F)cc2)C2=C(O1)c1ccccc1CC2. The topological polar surface area (TPSA) is 33.1 Å². The molecule has 5 heteroatoms. The average Bonchev–Trinajstić information content (AvgIpc) is 2.60. The van der Waals surface area contributed by atoms with Gasteiger partial charge in [-0.15, -0.1) is 0 Å². The lowest BCUT2D eigenvalue weighted by molar-refractivity contribution is -0.137. The van der Waals surface area contributed by atoms with Crippen LogP contribution in [0.5, 0.6) is 0 Å². The van der Waals surface area contributed by atoms with Crippen molar-refractivity contribution in [3.05, 3.63) is 76.4 Å². The molecular weight excluding hydrogens is 327 g/mol. The molecule has 0 saturated heterocycles. The fourth-order valence-electron chi connectivity index (χ4n) is 3.67. The van der Waals surface area contributed by atoms with Crippen LogP contribution in [0.1, 0.15) is 41.0 Å². The number of hydrogen-bond acceptors (Lipinski definition) is 2. The molecule has 2 nitrogen and oxygen atoms in total. The van der Waals surface area contributed by atoms with Gasteiger partial charge in [-0.2, -0.15) is 13.2 Å². The summed E-state index contributed by atoms with van der Waals surface area (Å²) in [7, 11) is 0. The van der Waals surface area contributed by atoms with Crippen molar-refractivity contribution >= 4 is 11.7 Å². The Labute approximate surface area is 143 Å². The van der Waals surface area contributed by atoms with Gasteiger partial charge in [0.15, 0.2) is 5.90 Å². The number of fused-ring (bicyclic) bond motifs is 2. The van der Waals surface area contributed by atoms with E-state index in [9.17, 15) is 13.2 Å². The van der Waals surface area contributed by atoms with Crippen molar-refractivity contribution in [2.45, 2.75) is 31.4 Å². The predicted molar refractivity (Wildman–Crippen MR) is 89.3 cm³/mol. The van der Waals surface area contributed by atoms with Crippen molar-refractivity contribution in [1.82, 2.24) is 0 Å². The molecule has 0 fully saturated rings. The van der Waals surface area contributed by atoms with E-state index in [1.165, 1.54) is 17.7 Å². The highest BCUT2D eigenvalue weighted by atomic mass is 19.4. The first-order valence-electron chi connectivity index (χ1n) is 8.17. The molecule has 1 unspecified atom stereocenters. The number of alkyl halides is 3. The molecule has 0 amide bonds. The monoisotopic (exact) mass is 343 g/mol. The average molecular weight is 343 g/mol. The summed E-state index contributed by atoms with van der Waals surface area (Å²) < 4.78 is 44.1. The van der Waals surface area contributed by atoms with Gasteiger partial charge in [-0.1, -0.05) is 36.4 Å². The molecule has 0 aromatic heterocycles. The Balaban J connectivity index is 1.76. The number of hydrogen-bond donors (Lipinski definition) is 1. The maximum Gasteiger partial charge on any atom is 0.416 e. The molecule has 0 radical (unpaired) electrons. The van der Waals surface area contributed by atoms with E-state index in [1.54, 1.807) is 0 Å². The Bertz CT molecular complexity index is 865. The first-order chi connectivity index (χ1) is 11.9. The summed E-state index contributed by atoms with van der Waals surface area (Å²) in [5, 5.41) is 8.04. The molecule has 1 aliphatic heterocycles. The molecule has 2 aliphatic rings. The molecule has 1 atom stereocenters. The zero-order valence-electron chi connectivity index (χ0n) is 13.4. The van der Waals surface area contributed by atoms with Gasteiger partial charge < -0.3 is 4.74 Å². The smallest absolute Gasteiger partial charge is 0.416 e. The van der Waals surface area contributed by atoms with Crippen LogP contribution in [0.3, 0.4) is 0 Å². The van der Waals surface area contributed by atoms with Gasteiger partial charge in [-0.25, -0.2) is 0 Å². The fraction of sp³-hybridized carbons (Fsp3) is 0.250. The molecule has 25 heavy (non-hydrogen) atoms. The molecule has 0 spiro atoms. The summed E-state index contributed by atoms with van der Waals surface area (Å²) in [5.74, 6) is 0.759. The van der Waals surface area contributed by atoms with Crippen LogP contribution in [0.25, 0.3) is 5.76 Å². The Morgan fingerprint density at radius 2 is 1.68 bits per heavy atom. The molecule has 0 saturated carbocycles. The lowest BCUT2D eigenvalue weighted by Crippen LogP contribution is -2.23. The van der Waals surface area contributed by atoms with Crippen molar-refractivity contribution < 1.29 is 17.9 Å². The van der Waals surface area contributed by atoms with Crippen LogP contribution in [0.2, 0.25) is 0 Å². The molecule has 128 valence electrons. The summed E-state index contributed by atoms with van der Waals surface area (Å²) in [6, 6.07) is 13.2. The van der Waals surface area contributed by atoms with E-state index in [0.717, 1.165) is 41.7 Å². The standard InChI is InChI=1S/C20H16F3NO/c21-20(22,23)14-8-5-13(6-9-14)17-11-18(24)25-19-15-4-2-1-3-12(15)7-10-16(17)19/h1-6,8-9,17,24H,7,10-11H2. The van der Waals surface area contributed by atoms with Crippen LogP contribution in [0.4, 0.5) is 13.2 Å². The van der Waals surface area contributed by atoms with E-state index in [-0.39, 0.29) is 11.8 Å². The Kier molecular flexibility index (Phi) is 3.67. The Hall–Kier alpha value is -2.56.